The van der Waals surface area contributed by atoms with Gasteiger partial charge in [0.25, 0.3) is 0 Å². The SMILES string of the molecule is NC(=O)C(c1ccc(F)cc1)N1CCc2ccccc21. The number of carbonyl (C=O) groups is 1. The second kappa shape index (κ2) is 4.96. The number of hydrogen-bond acceptors (Lipinski definition) is 2. The van der Waals surface area contributed by atoms with Crippen LogP contribution in [-0.2, 0) is 11.2 Å². The predicted octanol–water partition coefficient (Wildman–Crippen LogP) is 2.41. The molecule has 2 aromatic carbocycles. The maximum absolute atomic E-state index is 13.0. The molecular weight excluding hydrogens is 255 g/mol. The molecule has 1 aliphatic heterocycles. The van der Waals surface area contributed by atoms with Gasteiger partial charge in [-0.05, 0) is 35.7 Å². The van der Waals surface area contributed by atoms with Crippen molar-refractivity contribution in [3.8, 4) is 0 Å². The van der Waals surface area contributed by atoms with Crippen LogP contribution in [-0.4, -0.2) is 12.5 Å². The molecule has 0 bridgehead atoms. The highest BCUT2D eigenvalue weighted by atomic mass is 19.1. The Morgan fingerprint density at radius 3 is 2.55 bits per heavy atom. The lowest BCUT2D eigenvalue weighted by atomic mass is 10.0. The molecule has 4 heteroatoms. The Labute approximate surface area is 116 Å². The molecule has 2 aromatic rings. The molecule has 1 heterocycles. The van der Waals surface area contributed by atoms with Crippen LogP contribution in [0, 0.1) is 5.82 Å². The molecular formula is C16H15FN2O. The summed E-state index contributed by atoms with van der Waals surface area (Å²) in [5.74, 6) is -0.743. The topological polar surface area (TPSA) is 46.3 Å². The van der Waals surface area contributed by atoms with E-state index in [9.17, 15) is 9.18 Å². The van der Waals surface area contributed by atoms with E-state index in [1.807, 2.05) is 23.1 Å². The quantitative estimate of drug-likeness (QED) is 0.931. The lowest BCUT2D eigenvalue weighted by Gasteiger charge is -2.28. The second-order valence-electron chi connectivity index (χ2n) is 4.93. The number of anilines is 1. The van der Waals surface area contributed by atoms with Gasteiger partial charge in [-0.3, -0.25) is 4.79 Å². The van der Waals surface area contributed by atoms with Gasteiger partial charge in [-0.15, -0.1) is 0 Å². The Kier molecular flexibility index (Phi) is 3.14. The van der Waals surface area contributed by atoms with E-state index in [4.69, 9.17) is 5.73 Å². The summed E-state index contributed by atoms with van der Waals surface area (Å²) in [5, 5.41) is 0. The molecule has 0 spiro atoms. The summed E-state index contributed by atoms with van der Waals surface area (Å²) in [6, 6.07) is 13.4. The van der Waals surface area contributed by atoms with E-state index >= 15 is 0 Å². The average Bonchev–Trinajstić information content (AvgIpc) is 2.85. The Hall–Kier alpha value is -2.36. The number of primary amides is 1. The third-order valence-corrected chi connectivity index (χ3v) is 3.69. The van der Waals surface area contributed by atoms with E-state index in [0.717, 1.165) is 24.2 Å². The summed E-state index contributed by atoms with van der Waals surface area (Å²) in [6.45, 7) is 0.740. The molecule has 1 amide bonds. The molecule has 0 fully saturated rings. The molecule has 0 saturated carbocycles. The van der Waals surface area contributed by atoms with Crippen LogP contribution in [0.25, 0.3) is 0 Å². The Morgan fingerprint density at radius 1 is 1.15 bits per heavy atom. The Morgan fingerprint density at radius 2 is 1.85 bits per heavy atom. The summed E-state index contributed by atoms with van der Waals surface area (Å²) >= 11 is 0. The number of nitrogens with two attached hydrogens (primary N) is 1. The molecule has 0 radical (unpaired) electrons. The smallest absolute Gasteiger partial charge is 0.244 e. The fraction of sp³-hybridized carbons (Fsp3) is 0.188. The van der Waals surface area contributed by atoms with Gasteiger partial charge >= 0.3 is 0 Å². The van der Waals surface area contributed by atoms with Gasteiger partial charge in [0, 0.05) is 12.2 Å². The zero-order chi connectivity index (χ0) is 14.1. The summed E-state index contributed by atoms with van der Waals surface area (Å²) in [7, 11) is 0. The molecule has 102 valence electrons. The van der Waals surface area contributed by atoms with Gasteiger partial charge in [0.05, 0.1) is 0 Å². The van der Waals surface area contributed by atoms with Gasteiger partial charge in [0.1, 0.15) is 11.9 Å². The summed E-state index contributed by atoms with van der Waals surface area (Å²) in [5.41, 5.74) is 8.53. The van der Waals surface area contributed by atoms with Crippen molar-refractivity contribution >= 4 is 11.6 Å². The Balaban J connectivity index is 2.01. The highest BCUT2D eigenvalue weighted by Gasteiger charge is 2.30. The van der Waals surface area contributed by atoms with E-state index < -0.39 is 11.9 Å². The normalized spacial score (nSPS) is 14.9. The van der Waals surface area contributed by atoms with Crippen molar-refractivity contribution in [3.05, 3.63) is 65.5 Å². The summed E-state index contributed by atoms with van der Waals surface area (Å²) in [4.78, 5) is 13.9. The van der Waals surface area contributed by atoms with Crippen LogP contribution in [0.5, 0.6) is 0 Å². The van der Waals surface area contributed by atoms with Crippen LogP contribution >= 0.6 is 0 Å². The maximum atomic E-state index is 13.0. The van der Waals surface area contributed by atoms with Crippen LogP contribution in [0.15, 0.2) is 48.5 Å². The predicted molar refractivity (Wildman–Crippen MR) is 75.8 cm³/mol. The van der Waals surface area contributed by atoms with E-state index in [1.54, 1.807) is 12.1 Å². The van der Waals surface area contributed by atoms with Crippen molar-refractivity contribution in [2.45, 2.75) is 12.5 Å². The number of nitrogens with zero attached hydrogens (tertiary/aromatic N) is 1. The van der Waals surface area contributed by atoms with Gasteiger partial charge in [-0.2, -0.15) is 0 Å². The van der Waals surface area contributed by atoms with Crippen LogP contribution in [0.2, 0.25) is 0 Å². The minimum Gasteiger partial charge on any atom is -0.368 e. The monoisotopic (exact) mass is 270 g/mol. The molecule has 3 rings (SSSR count). The van der Waals surface area contributed by atoms with Gasteiger partial charge in [0.2, 0.25) is 5.91 Å². The summed E-state index contributed by atoms with van der Waals surface area (Å²) in [6.07, 6.45) is 0.890. The van der Waals surface area contributed by atoms with E-state index in [2.05, 4.69) is 6.07 Å². The van der Waals surface area contributed by atoms with Gasteiger partial charge in [-0.1, -0.05) is 30.3 Å². The lowest BCUT2D eigenvalue weighted by molar-refractivity contribution is -0.119. The first-order chi connectivity index (χ1) is 9.66. The van der Waals surface area contributed by atoms with Crippen molar-refractivity contribution in [2.75, 3.05) is 11.4 Å². The first-order valence-electron chi connectivity index (χ1n) is 6.56. The number of fused-ring (bicyclic) bond motifs is 1. The van der Waals surface area contributed by atoms with Crippen LogP contribution in [0.4, 0.5) is 10.1 Å². The van der Waals surface area contributed by atoms with E-state index in [-0.39, 0.29) is 5.82 Å². The van der Waals surface area contributed by atoms with Crippen molar-refractivity contribution in [1.82, 2.24) is 0 Å². The van der Waals surface area contributed by atoms with Crippen molar-refractivity contribution in [3.63, 3.8) is 0 Å². The number of benzene rings is 2. The number of halogens is 1. The van der Waals surface area contributed by atoms with Crippen molar-refractivity contribution in [1.29, 1.82) is 0 Å². The second-order valence-corrected chi connectivity index (χ2v) is 4.93. The molecule has 0 aromatic heterocycles. The fourth-order valence-electron chi connectivity index (χ4n) is 2.77. The molecule has 0 saturated heterocycles. The lowest BCUT2D eigenvalue weighted by Crippen LogP contribution is -2.36. The largest absolute Gasteiger partial charge is 0.368 e. The number of para-hydroxylation sites is 1. The zero-order valence-electron chi connectivity index (χ0n) is 10.9. The molecule has 1 unspecified atom stereocenters. The molecule has 20 heavy (non-hydrogen) atoms. The summed E-state index contributed by atoms with van der Waals surface area (Å²) < 4.78 is 13.0. The zero-order valence-corrected chi connectivity index (χ0v) is 10.9. The third-order valence-electron chi connectivity index (χ3n) is 3.69. The van der Waals surface area contributed by atoms with Crippen LogP contribution in [0.1, 0.15) is 17.2 Å². The molecule has 0 aliphatic carbocycles. The van der Waals surface area contributed by atoms with Gasteiger partial charge < -0.3 is 10.6 Å². The number of amides is 1. The molecule has 2 N–H and O–H groups in total. The van der Waals surface area contributed by atoms with Gasteiger partial charge in [0.15, 0.2) is 0 Å². The minimum absolute atomic E-state index is 0.321. The average molecular weight is 270 g/mol. The maximum Gasteiger partial charge on any atom is 0.244 e. The molecule has 1 aliphatic rings. The van der Waals surface area contributed by atoms with Gasteiger partial charge in [-0.25, -0.2) is 4.39 Å². The first kappa shape index (κ1) is 12.7. The van der Waals surface area contributed by atoms with Crippen molar-refractivity contribution < 1.29 is 9.18 Å². The Bertz CT molecular complexity index is 639. The number of rotatable bonds is 3. The number of carbonyl (C=O) groups excluding carboxylic acids is 1. The fourth-order valence-corrected chi connectivity index (χ4v) is 2.77. The first-order valence-corrected chi connectivity index (χ1v) is 6.56. The molecule has 3 nitrogen and oxygen atoms in total. The van der Waals surface area contributed by atoms with Crippen LogP contribution in [0.3, 0.4) is 0 Å². The van der Waals surface area contributed by atoms with Crippen LogP contribution < -0.4 is 10.6 Å². The van der Waals surface area contributed by atoms with E-state index in [1.165, 1.54) is 17.7 Å². The van der Waals surface area contributed by atoms with E-state index in [0.29, 0.717) is 0 Å². The van der Waals surface area contributed by atoms with Crippen molar-refractivity contribution in [2.24, 2.45) is 5.73 Å². The third kappa shape index (κ3) is 2.13. The highest BCUT2D eigenvalue weighted by Crippen LogP contribution is 2.34. The number of hydrogen-bond donors (Lipinski definition) is 1. The highest BCUT2D eigenvalue weighted by molar-refractivity contribution is 5.86. The minimum atomic E-state index is -0.556. The molecule has 1 atom stereocenters. The standard InChI is InChI=1S/C16H15FN2O/c17-13-7-5-12(6-8-13)15(16(18)20)19-10-9-11-3-1-2-4-14(11)19/h1-8,15H,9-10H2,(H2,18,20).